The molecule has 0 saturated heterocycles. The first-order chi connectivity index (χ1) is 13.0. The van der Waals surface area contributed by atoms with Crippen LogP contribution in [0, 0.1) is 35.5 Å². The normalized spacial score (nSPS) is 54.4. The second kappa shape index (κ2) is 6.19. The molecular weight excluding hydrogens is 334 g/mol. The Morgan fingerprint density at radius 3 is 1.07 bits per heavy atom. The molecule has 0 aromatic heterocycles. The summed E-state index contributed by atoms with van der Waals surface area (Å²) in [5.74, 6) is 5.69. The molecule has 2 unspecified atom stereocenters. The Balaban J connectivity index is 1.07. The molecule has 8 bridgehead atoms. The first-order valence-electron chi connectivity index (χ1n) is 12.1. The Labute approximate surface area is 165 Å². The van der Waals surface area contributed by atoms with Gasteiger partial charge in [0.2, 0.25) is 0 Å². The van der Waals surface area contributed by atoms with Crippen LogP contribution in [-0.2, 0) is 9.47 Å². The molecule has 8 aliphatic carbocycles. The molecule has 152 valence electrons. The van der Waals surface area contributed by atoms with Crippen molar-refractivity contribution in [2.75, 3.05) is 0 Å². The van der Waals surface area contributed by atoms with Gasteiger partial charge in [0.05, 0.1) is 11.2 Å². The topological polar surface area (TPSA) is 30.5 Å². The van der Waals surface area contributed by atoms with Gasteiger partial charge in [-0.05, 0) is 126 Å². The van der Waals surface area contributed by atoms with Crippen molar-refractivity contribution in [3.05, 3.63) is 0 Å². The van der Waals surface area contributed by atoms with Crippen molar-refractivity contribution in [1.29, 1.82) is 0 Å². The lowest BCUT2D eigenvalue weighted by Gasteiger charge is -2.57. The van der Waals surface area contributed by atoms with E-state index in [2.05, 4.69) is 19.2 Å². The van der Waals surface area contributed by atoms with E-state index in [1.165, 1.54) is 77.0 Å². The highest BCUT2D eigenvalue weighted by atomic mass is 16.5. The lowest BCUT2D eigenvalue weighted by molar-refractivity contribution is -0.220. The van der Waals surface area contributed by atoms with Crippen LogP contribution in [0.25, 0.3) is 0 Å². The van der Waals surface area contributed by atoms with Crippen LogP contribution in [-0.4, -0.2) is 23.7 Å². The van der Waals surface area contributed by atoms with Gasteiger partial charge in [0, 0.05) is 0 Å². The second-order valence-electron chi connectivity index (χ2n) is 11.9. The van der Waals surface area contributed by atoms with Gasteiger partial charge in [-0.3, -0.25) is 5.32 Å². The van der Waals surface area contributed by atoms with Crippen LogP contribution in [0.4, 0.5) is 0 Å². The van der Waals surface area contributed by atoms with Gasteiger partial charge in [0.1, 0.15) is 12.5 Å². The summed E-state index contributed by atoms with van der Waals surface area (Å²) in [6.45, 7) is 4.44. The fourth-order valence-electron chi connectivity index (χ4n) is 9.50. The zero-order valence-electron chi connectivity index (χ0n) is 17.4. The van der Waals surface area contributed by atoms with Crippen molar-refractivity contribution >= 4 is 0 Å². The van der Waals surface area contributed by atoms with Crippen LogP contribution >= 0.6 is 0 Å². The van der Waals surface area contributed by atoms with Crippen LogP contribution < -0.4 is 5.32 Å². The molecule has 3 nitrogen and oxygen atoms in total. The molecule has 0 heterocycles. The van der Waals surface area contributed by atoms with Gasteiger partial charge in [-0.2, -0.15) is 0 Å². The first-order valence-corrected chi connectivity index (χ1v) is 12.1. The predicted octanol–water partition coefficient (Wildman–Crippen LogP) is 5.24. The summed E-state index contributed by atoms with van der Waals surface area (Å²) in [7, 11) is 0. The van der Waals surface area contributed by atoms with Crippen molar-refractivity contribution in [3.8, 4) is 0 Å². The minimum absolute atomic E-state index is 0.102. The van der Waals surface area contributed by atoms with E-state index >= 15 is 0 Å². The summed E-state index contributed by atoms with van der Waals surface area (Å²) in [5, 5.41) is 3.69. The Kier molecular flexibility index (Phi) is 4.06. The maximum Gasteiger partial charge on any atom is 0.107 e. The van der Waals surface area contributed by atoms with Gasteiger partial charge < -0.3 is 9.47 Å². The lowest BCUT2D eigenvalue weighted by Crippen LogP contribution is -2.57. The van der Waals surface area contributed by atoms with E-state index in [9.17, 15) is 0 Å². The van der Waals surface area contributed by atoms with Crippen LogP contribution in [0.2, 0.25) is 0 Å². The molecule has 3 heteroatoms. The summed E-state index contributed by atoms with van der Waals surface area (Å²) < 4.78 is 13.5. The molecule has 2 atom stereocenters. The number of rotatable bonds is 6. The minimum Gasteiger partial charge on any atom is -0.357 e. The SMILES string of the molecule is CC(NC(C)OC12CC3CC(CC(C3)C1)C2)OC12CC3CC(CC(C3)C1)C2. The van der Waals surface area contributed by atoms with Crippen LogP contribution in [0.5, 0.6) is 0 Å². The van der Waals surface area contributed by atoms with Gasteiger partial charge in [-0.1, -0.05) is 0 Å². The Morgan fingerprint density at radius 2 is 0.815 bits per heavy atom. The van der Waals surface area contributed by atoms with Gasteiger partial charge in [0.25, 0.3) is 0 Å². The molecule has 8 fully saturated rings. The van der Waals surface area contributed by atoms with E-state index in [-0.39, 0.29) is 23.7 Å². The van der Waals surface area contributed by atoms with Crippen LogP contribution in [0.3, 0.4) is 0 Å². The van der Waals surface area contributed by atoms with E-state index in [4.69, 9.17) is 9.47 Å². The second-order valence-corrected chi connectivity index (χ2v) is 11.9. The third kappa shape index (κ3) is 3.20. The van der Waals surface area contributed by atoms with Crippen LogP contribution in [0.1, 0.15) is 90.9 Å². The summed E-state index contributed by atoms with van der Waals surface area (Å²) in [5.41, 5.74) is 0.364. The molecule has 8 aliphatic rings. The highest BCUT2D eigenvalue weighted by Gasteiger charge is 2.53. The highest BCUT2D eigenvalue weighted by molar-refractivity contribution is 5.04. The Bertz CT molecular complexity index is 466. The Hall–Kier alpha value is -0.120. The third-order valence-electron chi connectivity index (χ3n) is 9.29. The lowest BCUT2D eigenvalue weighted by atomic mass is 9.54. The first kappa shape index (κ1) is 17.7. The van der Waals surface area contributed by atoms with E-state index in [1.54, 1.807) is 0 Å². The maximum absolute atomic E-state index is 6.75. The molecule has 27 heavy (non-hydrogen) atoms. The molecule has 0 aromatic carbocycles. The third-order valence-corrected chi connectivity index (χ3v) is 9.29. The summed E-state index contributed by atoms with van der Waals surface area (Å²) in [4.78, 5) is 0. The summed E-state index contributed by atoms with van der Waals surface area (Å²) >= 11 is 0. The monoisotopic (exact) mass is 373 g/mol. The fraction of sp³-hybridized carbons (Fsp3) is 1.00. The van der Waals surface area contributed by atoms with Crippen molar-refractivity contribution in [2.45, 2.75) is 115 Å². The highest BCUT2D eigenvalue weighted by Crippen LogP contribution is 2.58. The van der Waals surface area contributed by atoms with Gasteiger partial charge in [-0.15, -0.1) is 0 Å². The smallest absolute Gasteiger partial charge is 0.107 e. The molecule has 0 amide bonds. The molecule has 8 saturated carbocycles. The van der Waals surface area contributed by atoms with Crippen molar-refractivity contribution in [3.63, 3.8) is 0 Å². The molecule has 0 aromatic rings. The molecule has 1 N–H and O–H groups in total. The summed E-state index contributed by atoms with van der Waals surface area (Å²) in [6.07, 6.45) is 17.0. The number of ether oxygens (including phenoxy) is 2. The standard InChI is InChI=1S/C24H39NO2/c1-15(26-23-9-17-3-18(10-23)5-19(4-17)11-23)25-16(2)27-24-12-20-6-21(13-24)8-22(7-20)14-24/h15-22,25H,3-14H2,1-2H3. The fourth-order valence-corrected chi connectivity index (χ4v) is 9.50. The molecule has 8 rings (SSSR count). The average molecular weight is 374 g/mol. The average Bonchev–Trinajstić information content (AvgIpc) is 2.50. The molecule has 0 radical (unpaired) electrons. The largest absolute Gasteiger partial charge is 0.357 e. The minimum atomic E-state index is 0.102. The number of hydrogen-bond donors (Lipinski definition) is 1. The van der Waals surface area contributed by atoms with E-state index in [1.807, 2.05) is 0 Å². The Morgan fingerprint density at radius 1 is 0.556 bits per heavy atom. The van der Waals surface area contributed by atoms with Crippen LogP contribution in [0.15, 0.2) is 0 Å². The molecular formula is C24H39NO2. The quantitative estimate of drug-likeness (QED) is 0.646. The molecule has 0 aliphatic heterocycles. The zero-order chi connectivity index (χ0) is 18.2. The number of hydrogen-bond acceptors (Lipinski definition) is 3. The van der Waals surface area contributed by atoms with Gasteiger partial charge in [0.15, 0.2) is 0 Å². The zero-order valence-corrected chi connectivity index (χ0v) is 17.4. The van der Waals surface area contributed by atoms with Crippen molar-refractivity contribution in [1.82, 2.24) is 5.32 Å². The van der Waals surface area contributed by atoms with E-state index in [0.717, 1.165) is 35.5 Å². The van der Waals surface area contributed by atoms with Crippen molar-refractivity contribution < 1.29 is 9.47 Å². The van der Waals surface area contributed by atoms with E-state index in [0.29, 0.717) is 0 Å². The number of nitrogens with one attached hydrogen (secondary N) is 1. The summed E-state index contributed by atoms with van der Waals surface area (Å²) in [6, 6.07) is 0. The van der Waals surface area contributed by atoms with E-state index < -0.39 is 0 Å². The van der Waals surface area contributed by atoms with Crippen molar-refractivity contribution in [2.24, 2.45) is 35.5 Å². The van der Waals surface area contributed by atoms with Gasteiger partial charge >= 0.3 is 0 Å². The predicted molar refractivity (Wildman–Crippen MR) is 106 cm³/mol. The maximum atomic E-state index is 6.75. The van der Waals surface area contributed by atoms with Gasteiger partial charge in [-0.25, -0.2) is 0 Å². The molecule has 0 spiro atoms.